The van der Waals surface area contributed by atoms with Gasteiger partial charge in [0.05, 0.1) is 0 Å². The molecular formula is C8H15N. The lowest BCUT2D eigenvalue weighted by Crippen LogP contribution is -2.24. The summed E-state index contributed by atoms with van der Waals surface area (Å²) in [7, 11) is 0. The Hall–Kier alpha value is -0.300. The average Bonchev–Trinajstić information content (AvgIpc) is 2.14. The summed E-state index contributed by atoms with van der Waals surface area (Å²) in [5, 5.41) is 0. The van der Waals surface area contributed by atoms with Crippen LogP contribution in [0.1, 0.15) is 26.7 Å². The smallest absolute Gasteiger partial charge is 0.00447 e. The summed E-state index contributed by atoms with van der Waals surface area (Å²) < 4.78 is 0. The molecule has 0 aromatic rings. The molecule has 2 atom stereocenters. The fourth-order valence-electron chi connectivity index (χ4n) is 1.33. The van der Waals surface area contributed by atoms with E-state index in [2.05, 4.69) is 19.9 Å². The maximum absolute atomic E-state index is 5.73. The molecule has 2 N–H and O–H groups in total. The maximum Gasteiger partial charge on any atom is 0.00447 e. The second kappa shape index (κ2) is 2.53. The second-order valence-corrected chi connectivity index (χ2v) is 3.11. The van der Waals surface area contributed by atoms with Crippen molar-refractivity contribution in [3.8, 4) is 0 Å². The highest BCUT2D eigenvalue weighted by molar-refractivity contribution is 5.08. The topological polar surface area (TPSA) is 26.0 Å². The fraction of sp³-hybridized carbons (Fsp3) is 0.750. The Kier molecular flexibility index (Phi) is 1.91. The lowest BCUT2D eigenvalue weighted by molar-refractivity contribution is 0.468. The number of hydrogen-bond acceptors (Lipinski definition) is 1. The SMILES string of the molecule is CC1=CCC(C(C)N)C1. The van der Waals surface area contributed by atoms with E-state index in [0.29, 0.717) is 6.04 Å². The van der Waals surface area contributed by atoms with Gasteiger partial charge in [-0.25, -0.2) is 0 Å². The molecule has 2 unspecified atom stereocenters. The van der Waals surface area contributed by atoms with E-state index in [4.69, 9.17) is 5.73 Å². The first-order valence-corrected chi connectivity index (χ1v) is 3.61. The molecule has 0 aliphatic heterocycles. The zero-order valence-electron chi connectivity index (χ0n) is 6.22. The highest BCUT2D eigenvalue weighted by atomic mass is 14.6. The van der Waals surface area contributed by atoms with Gasteiger partial charge in [-0.3, -0.25) is 0 Å². The van der Waals surface area contributed by atoms with Crippen LogP contribution in [-0.2, 0) is 0 Å². The van der Waals surface area contributed by atoms with Gasteiger partial charge in [-0.1, -0.05) is 11.6 Å². The quantitative estimate of drug-likeness (QED) is 0.530. The molecule has 0 radical (unpaired) electrons. The van der Waals surface area contributed by atoms with Gasteiger partial charge >= 0.3 is 0 Å². The van der Waals surface area contributed by atoms with Crippen LogP contribution in [0.4, 0.5) is 0 Å². The van der Waals surface area contributed by atoms with Gasteiger partial charge in [0.2, 0.25) is 0 Å². The van der Waals surface area contributed by atoms with Crippen LogP contribution in [-0.4, -0.2) is 6.04 Å². The Morgan fingerprint density at radius 3 is 2.67 bits per heavy atom. The summed E-state index contributed by atoms with van der Waals surface area (Å²) >= 11 is 0. The molecule has 0 aromatic carbocycles. The van der Waals surface area contributed by atoms with Gasteiger partial charge in [-0.2, -0.15) is 0 Å². The van der Waals surface area contributed by atoms with Crippen molar-refractivity contribution in [2.24, 2.45) is 11.7 Å². The number of nitrogens with two attached hydrogens (primary N) is 1. The molecule has 0 heterocycles. The van der Waals surface area contributed by atoms with Crippen LogP contribution in [0.5, 0.6) is 0 Å². The summed E-state index contributed by atoms with van der Waals surface area (Å²) in [4.78, 5) is 0. The van der Waals surface area contributed by atoms with E-state index in [1.165, 1.54) is 18.4 Å². The van der Waals surface area contributed by atoms with Crippen LogP contribution in [0, 0.1) is 5.92 Å². The second-order valence-electron chi connectivity index (χ2n) is 3.11. The number of hydrogen-bond donors (Lipinski definition) is 1. The first-order valence-electron chi connectivity index (χ1n) is 3.61. The predicted octanol–water partition coefficient (Wildman–Crippen LogP) is 1.69. The molecule has 52 valence electrons. The third-order valence-corrected chi connectivity index (χ3v) is 2.10. The Bertz CT molecular complexity index is 125. The first kappa shape index (κ1) is 6.81. The number of allylic oxidation sites excluding steroid dienone is 2. The van der Waals surface area contributed by atoms with Gasteiger partial charge in [-0.05, 0) is 32.6 Å². The molecule has 9 heavy (non-hydrogen) atoms. The molecule has 0 bridgehead atoms. The molecule has 0 saturated carbocycles. The highest BCUT2D eigenvalue weighted by Crippen LogP contribution is 2.25. The molecule has 1 aliphatic rings. The third kappa shape index (κ3) is 1.55. The summed E-state index contributed by atoms with van der Waals surface area (Å²) in [6, 6.07) is 0.374. The van der Waals surface area contributed by atoms with E-state index in [0.717, 1.165) is 5.92 Å². The largest absolute Gasteiger partial charge is 0.328 e. The summed E-state index contributed by atoms with van der Waals surface area (Å²) in [6.07, 6.45) is 4.72. The van der Waals surface area contributed by atoms with Gasteiger partial charge in [0, 0.05) is 6.04 Å². The van der Waals surface area contributed by atoms with Gasteiger partial charge in [0.15, 0.2) is 0 Å². The van der Waals surface area contributed by atoms with Crippen molar-refractivity contribution in [2.75, 3.05) is 0 Å². The zero-order valence-corrected chi connectivity index (χ0v) is 6.22. The van der Waals surface area contributed by atoms with Crippen molar-refractivity contribution in [2.45, 2.75) is 32.7 Å². The Balaban J connectivity index is 2.37. The monoisotopic (exact) mass is 125 g/mol. The Morgan fingerprint density at radius 1 is 1.78 bits per heavy atom. The third-order valence-electron chi connectivity index (χ3n) is 2.10. The van der Waals surface area contributed by atoms with Crippen molar-refractivity contribution in [3.63, 3.8) is 0 Å². The molecule has 1 aliphatic carbocycles. The molecule has 0 amide bonds. The van der Waals surface area contributed by atoms with Gasteiger partial charge in [0.25, 0.3) is 0 Å². The summed E-state index contributed by atoms with van der Waals surface area (Å²) in [6.45, 7) is 4.28. The van der Waals surface area contributed by atoms with Crippen LogP contribution in [0.15, 0.2) is 11.6 Å². The van der Waals surface area contributed by atoms with Gasteiger partial charge in [-0.15, -0.1) is 0 Å². The van der Waals surface area contributed by atoms with Crippen LogP contribution in [0.3, 0.4) is 0 Å². The zero-order chi connectivity index (χ0) is 6.85. The normalized spacial score (nSPS) is 30.1. The van der Waals surface area contributed by atoms with Crippen LogP contribution < -0.4 is 5.73 Å². The Labute approximate surface area is 56.9 Å². The Morgan fingerprint density at radius 2 is 2.44 bits per heavy atom. The lowest BCUT2D eigenvalue weighted by atomic mass is 9.99. The molecule has 0 spiro atoms. The van der Waals surface area contributed by atoms with E-state index in [1.54, 1.807) is 0 Å². The van der Waals surface area contributed by atoms with Crippen molar-refractivity contribution >= 4 is 0 Å². The van der Waals surface area contributed by atoms with Crippen molar-refractivity contribution in [1.82, 2.24) is 0 Å². The number of rotatable bonds is 1. The highest BCUT2D eigenvalue weighted by Gasteiger charge is 2.17. The molecule has 0 aromatic heterocycles. The van der Waals surface area contributed by atoms with E-state index < -0.39 is 0 Å². The molecule has 1 heteroatoms. The first-order chi connectivity index (χ1) is 4.20. The molecule has 0 saturated heterocycles. The molecule has 0 fully saturated rings. The standard InChI is InChI=1S/C8H15N/c1-6-3-4-8(5-6)7(2)9/h3,7-8H,4-5,9H2,1-2H3. The van der Waals surface area contributed by atoms with E-state index in [1.807, 2.05) is 0 Å². The van der Waals surface area contributed by atoms with Gasteiger partial charge < -0.3 is 5.73 Å². The average molecular weight is 125 g/mol. The van der Waals surface area contributed by atoms with Crippen LogP contribution >= 0.6 is 0 Å². The molecule has 1 nitrogen and oxygen atoms in total. The van der Waals surface area contributed by atoms with Crippen LogP contribution in [0.2, 0.25) is 0 Å². The minimum atomic E-state index is 0.374. The van der Waals surface area contributed by atoms with Crippen molar-refractivity contribution < 1.29 is 0 Å². The molecule has 1 rings (SSSR count). The minimum Gasteiger partial charge on any atom is -0.328 e. The van der Waals surface area contributed by atoms with Crippen molar-refractivity contribution in [3.05, 3.63) is 11.6 Å². The van der Waals surface area contributed by atoms with E-state index >= 15 is 0 Å². The van der Waals surface area contributed by atoms with E-state index in [9.17, 15) is 0 Å². The maximum atomic E-state index is 5.73. The van der Waals surface area contributed by atoms with E-state index in [-0.39, 0.29) is 0 Å². The molecular weight excluding hydrogens is 110 g/mol. The van der Waals surface area contributed by atoms with Crippen LogP contribution in [0.25, 0.3) is 0 Å². The fourth-order valence-corrected chi connectivity index (χ4v) is 1.33. The van der Waals surface area contributed by atoms with Gasteiger partial charge in [0.1, 0.15) is 0 Å². The lowest BCUT2D eigenvalue weighted by Gasteiger charge is -2.12. The minimum absolute atomic E-state index is 0.374. The summed E-state index contributed by atoms with van der Waals surface area (Å²) in [5.41, 5.74) is 7.24. The summed E-state index contributed by atoms with van der Waals surface area (Å²) in [5.74, 6) is 0.727. The van der Waals surface area contributed by atoms with Crippen molar-refractivity contribution in [1.29, 1.82) is 0 Å². The predicted molar refractivity (Wildman–Crippen MR) is 40.1 cm³/mol.